The van der Waals surface area contributed by atoms with E-state index in [0.717, 1.165) is 75.1 Å². The largest absolute Gasteiger partial charge is 0.460 e. The van der Waals surface area contributed by atoms with Crippen molar-refractivity contribution in [1.29, 1.82) is 0 Å². The fourth-order valence-electron chi connectivity index (χ4n) is 13.5. The molecule has 72 heavy (non-hydrogen) atoms. The van der Waals surface area contributed by atoms with Crippen molar-refractivity contribution in [2.75, 3.05) is 9.80 Å². The maximum absolute atomic E-state index is 9.28. The Labute approximate surface area is 450 Å². The van der Waals surface area contributed by atoms with Crippen LogP contribution in [0.15, 0.2) is 95.4 Å². The summed E-state index contributed by atoms with van der Waals surface area (Å²) in [5, 5.41) is 0.790. The molecule has 4 aliphatic rings. The zero-order valence-electron chi connectivity index (χ0n) is 57.7. The lowest BCUT2D eigenvalue weighted by Crippen LogP contribution is -2.61. The molecule has 0 saturated heterocycles. The minimum atomic E-state index is -3.13. The number of benzene rings is 6. The van der Waals surface area contributed by atoms with Crippen molar-refractivity contribution in [3.8, 4) is 11.1 Å². The average Bonchev–Trinajstić information content (AvgIpc) is 0.952. The average molecular weight is 965 g/mol. The van der Waals surface area contributed by atoms with Crippen molar-refractivity contribution in [2.24, 2.45) is 0 Å². The SMILES string of the molecule is [2H]C([2H])([2H])c1cc(C)cc(C([2H])([2H])[2H])c1N1c2cc3c4c(oc3cc2B2c3cc(C(C)(C)C)ccc3N(c3ccc(C(C)(C)C)cc3-c3ccc5c(c3)C(C)(C)CCC5(C)C)c3cc(C(C)(C([2H])([2H])[2H])C([2H])([2H])[2H])cc1c32)C(C)(C)CC4(C)C. The predicted octanol–water partition coefficient (Wildman–Crippen LogP) is 17.3. The molecule has 2 aliphatic carbocycles. The zero-order valence-corrected chi connectivity index (χ0v) is 45.7. The van der Waals surface area contributed by atoms with Crippen LogP contribution < -0.4 is 26.2 Å². The first-order valence-electron chi connectivity index (χ1n) is 32.2. The summed E-state index contributed by atoms with van der Waals surface area (Å²) in [4.78, 5) is 3.89. The monoisotopic (exact) mass is 965 g/mol. The first kappa shape index (κ1) is 36.4. The molecule has 0 unspecified atom stereocenters. The summed E-state index contributed by atoms with van der Waals surface area (Å²) in [5.41, 5.74) is 8.96. The first-order valence-corrected chi connectivity index (χ1v) is 26.2. The van der Waals surface area contributed by atoms with Crippen LogP contribution in [-0.2, 0) is 37.9 Å². The summed E-state index contributed by atoms with van der Waals surface area (Å²) in [5.74, 6) is 0.843. The molecule has 3 heterocycles. The summed E-state index contributed by atoms with van der Waals surface area (Å²) in [6.45, 7) is 21.3. The Morgan fingerprint density at radius 1 is 0.542 bits per heavy atom. The lowest BCUT2D eigenvalue weighted by Gasteiger charge is -2.46. The number of anilines is 6. The molecular formula is C68H81BN2O. The number of rotatable bonds is 3. The molecule has 7 aromatic rings. The predicted molar refractivity (Wildman–Crippen MR) is 312 cm³/mol. The molecule has 2 aliphatic heterocycles. The molecule has 1 aromatic heterocycles. The topological polar surface area (TPSA) is 19.6 Å². The summed E-state index contributed by atoms with van der Waals surface area (Å²) in [7, 11) is 0. The van der Waals surface area contributed by atoms with Gasteiger partial charge in [-0.05, 0) is 176 Å². The van der Waals surface area contributed by atoms with Gasteiger partial charge in [0.2, 0.25) is 0 Å². The van der Waals surface area contributed by atoms with Gasteiger partial charge in [0, 0.05) is 61.1 Å². The first-order chi connectivity index (χ1) is 38.2. The maximum Gasteiger partial charge on any atom is 0.252 e. The number of hydrogen-bond donors (Lipinski definition) is 0. The minimum absolute atomic E-state index is 0.0417. The Morgan fingerprint density at radius 3 is 1.76 bits per heavy atom. The molecular weight excluding hydrogens is 872 g/mol. The van der Waals surface area contributed by atoms with E-state index in [4.69, 9.17) is 4.42 Å². The Bertz CT molecular complexity index is 3860. The fraction of sp³-hybridized carbons (Fsp3) is 0.441. The molecule has 4 heteroatoms. The third-order valence-corrected chi connectivity index (χ3v) is 17.2. The highest BCUT2D eigenvalue weighted by Crippen LogP contribution is 2.56. The van der Waals surface area contributed by atoms with Crippen LogP contribution in [0, 0.1) is 20.6 Å². The van der Waals surface area contributed by atoms with E-state index in [9.17, 15) is 16.4 Å². The Kier molecular flexibility index (Phi) is 7.75. The van der Waals surface area contributed by atoms with E-state index in [0.29, 0.717) is 33.4 Å². The van der Waals surface area contributed by atoms with E-state index in [-0.39, 0.29) is 60.6 Å². The van der Waals surface area contributed by atoms with Gasteiger partial charge in [0.05, 0.1) is 11.4 Å². The van der Waals surface area contributed by atoms with Crippen LogP contribution in [0.3, 0.4) is 0 Å². The van der Waals surface area contributed by atoms with Crippen molar-refractivity contribution in [2.45, 2.75) is 195 Å². The number of furan rings is 1. The van der Waals surface area contributed by atoms with Gasteiger partial charge in [0.25, 0.3) is 6.71 Å². The van der Waals surface area contributed by atoms with Gasteiger partial charge in [-0.1, -0.05) is 172 Å². The van der Waals surface area contributed by atoms with Crippen molar-refractivity contribution in [1.82, 2.24) is 0 Å². The summed E-state index contributed by atoms with van der Waals surface area (Å²) in [6.07, 6.45) is 2.83. The van der Waals surface area contributed by atoms with Crippen LogP contribution in [0.2, 0.25) is 0 Å². The van der Waals surface area contributed by atoms with Gasteiger partial charge >= 0.3 is 0 Å². The van der Waals surface area contributed by atoms with Crippen LogP contribution >= 0.6 is 0 Å². The van der Waals surface area contributed by atoms with Gasteiger partial charge in [-0.25, -0.2) is 0 Å². The molecule has 0 fully saturated rings. The lowest BCUT2D eigenvalue weighted by atomic mass is 9.33. The maximum atomic E-state index is 9.28. The molecule has 11 rings (SSSR count). The van der Waals surface area contributed by atoms with Gasteiger partial charge in [0.1, 0.15) is 11.3 Å². The molecule has 0 spiro atoms. The Morgan fingerprint density at radius 2 is 1.14 bits per heavy atom. The van der Waals surface area contributed by atoms with Crippen LogP contribution in [-0.4, -0.2) is 6.71 Å². The number of nitrogens with zero attached hydrogens (tertiary/aromatic N) is 2. The van der Waals surface area contributed by atoms with Crippen molar-refractivity contribution < 1.29 is 20.9 Å². The number of fused-ring (bicyclic) bond motifs is 8. The van der Waals surface area contributed by atoms with E-state index in [1.165, 1.54) is 30.2 Å². The summed E-state index contributed by atoms with van der Waals surface area (Å²) >= 11 is 0. The van der Waals surface area contributed by atoms with E-state index in [1.54, 1.807) is 24.0 Å². The van der Waals surface area contributed by atoms with Crippen molar-refractivity contribution in [3.05, 3.63) is 147 Å². The van der Waals surface area contributed by atoms with Crippen LogP contribution in [0.25, 0.3) is 22.1 Å². The molecule has 0 bridgehead atoms. The highest BCUT2D eigenvalue weighted by molar-refractivity contribution is 7.00. The van der Waals surface area contributed by atoms with Gasteiger partial charge in [-0.2, -0.15) is 0 Å². The van der Waals surface area contributed by atoms with Gasteiger partial charge in [-0.3, -0.25) is 0 Å². The summed E-state index contributed by atoms with van der Waals surface area (Å²) in [6, 6.07) is 30.4. The quantitative estimate of drug-likeness (QED) is 0.165. The fourth-order valence-corrected chi connectivity index (χ4v) is 13.5. The van der Waals surface area contributed by atoms with Crippen LogP contribution in [0.1, 0.15) is 209 Å². The minimum Gasteiger partial charge on any atom is -0.460 e. The molecule has 3 nitrogen and oxygen atoms in total. The summed E-state index contributed by atoms with van der Waals surface area (Å²) < 4.78 is 118. The second-order valence-electron chi connectivity index (χ2n) is 27.1. The number of aryl methyl sites for hydroxylation is 3. The highest BCUT2D eigenvalue weighted by atomic mass is 16.3. The third-order valence-electron chi connectivity index (χ3n) is 17.2. The van der Waals surface area contributed by atoms with E-state index in [2.05, 4.69) is 162 Å². The van der Waals surface area contributed by atoms with Gasteiger partial charge in [0.15, 0.2) is 0 Å². The normalized spacial score (nSPS) is 21.4. The second kappa shape index (κ2) is 15.3. The lowest BCUT2D eigenvalue weighted by molar-refractivity contribution is 0.332. The Balaban J connectivity index is 1.38. The van der Waals surface area contributed by atoms with Crippen molar-refractivity contribution in [3.63, 3.8) is 0 Å². The van der Waals surface area contributed by atoms with Gasteiger partial charge < -0.3 is 14.2 Å². The third kappa shape index (κ3) is 7.33. The van der Waals surface area contributed by atoms with Crippen LogP contribution in [0.4, 0.5) is 34.1 Å². The Hall–Kier alpha value is -5.48. The van der Waals surface area contributed by atoms with Crippen molar-refractivity contribution >= 4 is 68.2 Å². The van der Waals surface area contributed by atoms with Gasteiger partial charge in [-0.15, -0.1) is 0 Å². The van der Waals surface area contributed by atoms with E-state index >= 15 is 0 Å². The molecule has 0 radical (unpaired) electrons. The molecule has 0 atom stereocenters. The molecule has 372 valence electrons. The van der Waals surface area contributed by atoms with Crippen LogP contribution in [0.5, 0.6) is 0 Å². The molecule has 6 aromatic carbocycles. The number of hydrogen-bond acceptors (Lipinski definition) is 3. The van der Waals surface area contributed by atoms with E-state index in [1.807, 2.05) is 6.07 Å². The highest BCUT2D eigenvalue weighted by Gasteiger charge is 2.50. The zero-order chi connectivity index (χ0) is 61.9. The smallest absolute Gasteiger partial charge is 0.252 e. The molecule has 0 amide bonds. The molecule has 0 saturated carbocycles. The second-order valence-corrected chi connectivity index (χ2v) is 27.1. The standard InChI is InChI=1S/C68H81BN2O/c1-39-29-40(2)60(41(3)30-39)71-54-36-47-57(72-61-58(47)67(17,18)38-68(61,19)20)37-51(54)69-50-33-44(63(7,8)9)23-26-53(50)70(55-34-45(64(10,11)12)35-56(71)59(55)69)52-25-22-43(62(4,5)6)32-46(52)42-21-24-48-49(31-42)66(15,16)28-27-65(48,13)14/h21-26,29-37H,27-28,38H2,1-20H3/i2D3,3D3,10D3,11D3. The van der Waals surface area contributed by atoms with E-state index < -0.39 is 39.5 Å². The molecule has 0 N–H and O–H groups in total.